The van der Waals surface area contributed by atoms with E-state index in [0.29, 0.717) is 0 Å². The molecule has 0 aromatic carbocycles. The van der Waals surface area contributed by atoms with Crippen molar-refractivity contribution in [3.8, 4) is 0 Å². The number of nitrogens with zero attached hydrogens (tertiary/aromatic N) is 3. The molecule has 0 aliphatic heterocycles. The Morgan fingerprint density at radius 2 is 2.06 bits per heavy atom. The molecule has 0 radical (unpaired) electrons. The van der Waals surface area contributed by atoms with E-state index in [0.717, 1.165) is 30.9 Å². The molecule has 0 aliphatic carbocycles. The molecule has 1 aromatic rings. The van der Waals surface area contributed by atoms with Gasteiger partial charge in [-0.3, -0.25) is 0 Å². The number of aryl methyl sites for hydroxylation is 2. The van der Waals surface area contributed by atoms with Crippen LogP contribution >= 0.6 is 0 Å². The highest BCUT2D eigenvalue weighted by molar-refractivity contribution is 4.96. The molecule has 1 rings (SSSR count). The Kier molecular flexibility index (Phi) is 5.28. The van der Waals surface area contributed by atoms with Gasteiger partial charge >= 0.3 is 0 Å². The van der Waals surface area contributed by atoms with E-state index in [1.54, 1.807) is 0 Å². The lowest BCUT2D eigenvalue weighted by molar-refractivity contribution is 0.155. The van der Waals surface area contributed by atoms with E-state index in [4.69, 9.17) is 0 Å². The van der Waals surface area contributed by atoms with Crippen LogP contribution in [0.4, 0.5) is 0 Å². The lowest BCUT2D eigenvalue weighted by Gasteiger charge is -2.30. The van der Waals surface area contributed by atoms with E-state index in [2.05, 4.69) is 36.2 Å². The van der Waals surface area contributed by atoms with Gasteiger partial charge in [0.05, 0.1) is 12.6 Å². The average Bonchev–Trinajstić information content (AvgIpc) is 2.81. The van der Waals surface area contributed by atoms with Crippen molar-refractivity contribution in [1.82, 2.24) is 20.1 Å². The number of hydrogen-bond donors (Lipinski definition) is 2. The highest BCUT2D eigenvalue weighted by Crippen LogP contribution is 2.21. The van der Waals surface area contributed by atoms with Gasteiger partial charge in [0.25, 0.3) is 0 Å². The molecular weight excluding hydrogens is 228 g/mol. The Morgan fingerprint density at radius 3 is 2.50 bits per heavy atom. The molecule has 18 heavy (non-hydrogen) atoms. The van der Waals surface area contributed by atoms with Crippen LogP contribution in [-0.2, 0) is 12.8 Å². The third-order valence-corrected chi connectivity index (χ3v) is 3.49. The summed E-state index contributed by atoms with van der Waals surface area (Å²) >= 11 is 0. The van der Waals surface area contributed by atoms with Crippen molar-refractivity contribution in [3.63, 3.8) is 0 Å². The van der Waals surface area contributed by atoms with E-state index in [1.807, 2.05) is 18.7 Å². The summed E-state index contributed by atoms with van der Waals surface area (Å²) in [4.78, 5) is 4.52. The van der Waals surface area contributed by atoms with Gasteiger partial charge in [-0.15, -0.1) is 0 Å². The first-order valence-electron chi connectivity index (χ1n) is 6.73. The fourth-order valence-corrected chi connectivity index (χ4v) is 2.13. The molecule has 0 saturated heterocycles. The van der Waals surface area contributed by atoms with Gasteiger partial charge in [0.15, 0.2) is 5.82 Å². The van der Waals surface area contributed by atoms with Gasteiger partial charge in [0, 0.05) is 18.4 Å². The molecule has 2 unspecified atom stereocenters. The molecule has 0 fully saturated rings. The molecular formula is C13H26N4O. The second kappa shape index (κ2) is 6.29. The van der Waals surface area contributed by atoms with E-state index in [9.17, 15) is 5.11 Å². The standard InChI is InChI=1S/C13H26N4O/c1-6-11-15-12(7-2)17(16-11)10(3)8-13(4,9-18)14-5/h10,14,18H,6-9H2,1-5H3. The van der Waals surface area contributed by atoms with Crippen molar-refractivity contribution < 1.29 is 5.11 Å². The van der Waals surface area contributed by atoms with Crippen LogP contribution in [0.5, 0.6) is 0 Å². The topological polar surface area (TPSA) is 63.0 Å². The normalized spacial score (nSPS) is 16.6. The minimum Gasteiger partial charge on any atom is -0.394 e. The minimum absolute atomic E-state index is 0.116. The Morgan fingerprint density at radius 1 is 1.39 bits per heavy atom. The lowest BCUT2D eigenvalue weighted by Crippen LogP contribution is -2.45. The Balaban J connectivity index is 2.89. The summed E-state index contributed by atoms with van der Waals surface area (Å²) in [5.41, 5.74) is -0.275. The largest absolute Gasteiger partial charge is 0.394 e. The molecule has 0 bridgehead atoms. The molecule has 0 saturated carbocycles. The molecule has 104 valence electrons. The van der Waals surface area contributed by atoms with E-state index < -0.39 is 0 Å². The summed E-state index contributed by atoms with van der Waals surface area (Å²) in [6, 6.07) is 0.220. The van der Waals surface area contributed by atoms with Gasteiger partial charge in [-0.05, 0) is 27.3 Å². The Labute approximate surface area is 110 Å². The van der Waals surface area contributed by atoms with Crippen molar-refractivity contribution >= 4 is 0 Å². The molecule has 0 aliphatic rings. The SMILES string of the molecule is CCc1nc(CC)n(C(C)CC(C)(CO)NC)n1. The summed E-state index contributed by atoms with van der Waals surface area (Å²) in [6.07, 6.45) is 2.56. The third-order valence-electron chi connectivity index (χ3n) is 3.49. The summed E-state index contributed by atoms with van der Waals surface area (Å²) in [5.74, 6) is 1.92. The van der Waals surface area contributed by atoms with Crippen molar-refractivity contribution in [2.24, 2.45) is 0 Å². The van der Waals surface area contributed by atoms with E-state index in [-0.39, 0.29) is 18.2 Å². The second-order valence-electron chi connectivity index (χ2n) is 5.12. The maximum Gasteiger partial charge on any atom is 0.150 e. The van der Waals surface area contributed by atoms with Crippen LogP contribution in [0.25, 0.3) is 0 Å². The van der Waals surface area contributed by atoms with Crippen LogP contribution in [0.3, 0.4) is 0 Å². The van der Waals surface area contributed by atoms with Crippen molar-refractivity contribution in [3.05, 3.63) is 11.6 Å². The minimum atomic E-state index is -0.275. The Hall–Kier alpha value is -0.940. The molecule has 5 nitrogen and oxygen atoms in total. The van der Waals surface area contributed by atoms with Gasteiger partial charge < -0.3 is 10.4 Å². The predicted octanol–water partition coefficient (Wildman–Crippen LogP) is 1.32. The maximum atomic E-state index is 9.45. The van der Waals surface area contributed by atoms with Gasteiger partial charge in [-0.2, -0.15) is 5.10 Å². The summed E-state index contributed by atoms with van der Waals surface area (Å²) in [6.45, 7) is 8.42. The van der Waals surface area contributed by atoms with Crippen LogP contribution in [0.1, 0.15) is 51.8 Å². The quantitative estimate of drug-likeness (QED) is 0.770. The first-order valence-corrected chi connectivity index (χ1v) is 6.73. The van der Waals surface area contributed by atoms with Gasteiger partial charge in [0.2, 0.25) is 0 Å². The highest BCUT2D eigenvalue weighted by Gasteiger charge is 2.26. The monoisotopic (exact) mass is 254 g/mol. The zero-order chi connectivity index (χ0) is 13.8. The predicted molar refractivity (Wildman–Crippen MR) is 72.7 cm³/mol. The van der Waals surface area contributed by atoms with Gasteiger partial charge in [-0.1, -0.05) is 13.8 Å². The number of nitrogens with one attached hydrogen (secondary N) is 1. The molecule has 1 heterocycles. The first kappa shape index (κ1) is 15.1. The zero-order valence-electron chi connectivity index (χ0n) is 12.2. The van der Waals surface area contributed by atoms with E-state index >= 15 is 0 Å². The van der Waals surface area contributed by atoms with E-state index in [1.165, 1.54) is 0 Å². The molecule has 1 aromatic heterocycles. The molecule has 0 spiro atoms. The van der Waals surface area contributed by atoms with Crippen LogP contribution in [-0.4, -0.2) is 39.1 Å². The average molecular weight is 254 g/mol. The number of hydrogen-bond acceptors (Lipinski definition) is 4. The maximum absolute atomic E-state index is 9.45. The number of aliphatic hydroxyl groups is 1. The summed E-state index contributed by atoms with van der Waals surface area (Å²) in [5, 5.41) is 17.2. The van der Waals surface area contributed by atoms with Gasteiger partial charge in [-0.25, -0.2) is 9.67 Å². The smallest absolute Gasteiger partial charge is 0.150 e. The molecule has 0 amide bonds. The Bertz CT molecular complexity index is 371. The third kappa shape index (κ3) is 3.29. The molecule has 2 N–H and O–H groups in total. The fraction of sp³-hybridized carbons (Fsp3) is 0.846. The first-order chi connectivity index (χ1) is 8.49. The number of likely N-dealkylation sites (N-methyl/N-ethyl adjacent to an activating group) is 1. The number of aromatic nitrogens is 3. The van der Waals surface area contributed by atoms with Gasteiger partial charge in [0.1, 0.15) is 5.82 Å². The van der Waals surface area contributed by atoms with Crippen LogP contribution in [0, 0.1) is 0 Å². The summed E-state index contributed by atoms with van der Waals surface area (Å²) in [7, 11) is 1.88. The van der Waals surface area contributed by atoms with Crippen LogP contribution in [0.2, 0.25) is 0 Å². The molecule has 5 heteroatoms. The molecule has 2 atom stereocenters. The van der Waals surface area contributed by atoms with Crippen molar-refractivity contribution in [2.45, 2.75) is 58.5 Å². The van der Waals surface area contributed by atoms with Crippen molar-refractivity contribution in [1.29, 1.82) is 0 Å². The highest BCUT2D eigenvalue weighted by atomic mass is 16.3. The number of aliphatic hydroxyl groups excluding tert-OH is 1. The van der Waals surface area contributed by atoms with Crippen LogP contribution in [0.15, 0.2) is 0 Å². The van der Waals surface area contributed by atoms with Crippen molar-refractivity contribution in [2.75, 3.05) is 13.7 Å². The zero-order valence-corrected chi connectivity index (χ0v) is 12.2. The second-order valence-corrected chi connectivity index (χ2v) is 5.12. The number of rotatable bonds is 7. The fourth-order valence-electron chi connectivity index (χ4n) is 2.13. The van der Waals surface area contributed by atoms with Crippen LogP contribution < -0.4 is 5.32 Å². The summed E-state index contributed by atoms with van der Waals surface area (Å²) < 4.78 is 2.00. The lowest BCUT2D eigenvalue weighted by atomic mass is 9.95.